The zero-order valence-electron chi connectivity index (χ0n) is 25.0. The fourth-order valence-electron chi connectivity index (χ4n) is 5.07. The maximum atomic E-state index is 12.3. The summed E-state index contributed by atoms with van der Waals surface area (Å²) in [6.45, 7) is 6.14. The van der Waals surface area contributed by atoms with Crippen molar-refractivity contribution in [3.63, 3.8) is 0 Å². The van der Waals surface area contributed by atoms with Crippen molar-refractivity contribution >= 4 is 5.97 Å². The van der Waals surface area contributed by atoms with Crippen molar-refractivity contribution in [1.82, 2.24) is 0 Å². The van der Waals surface area contributed by atoms with Crippen molar-refractivity contribution in [3.8, 4) is 0 Å². The monoisotopic (exact) mass is 516 g/mol. The molecule has 0 amide bonds. The Kier molecular flexibility index (Phi) is 23.9. The van der Waals surface area contributed by atoms with Gasteiger partial charge >= 0.3 is 5.97 Å². The molecule has 1 aromatic heterocycles. The number of pyridine rings is 1. The lowest BCUT2D eigenvalue weighted by Crippen LogP contribution is -2.32. The van der Waals surface area contributed by atoms with Crippen molar-refractivity contribution in [3.05, 3.63) is 30.1 Å². The summed E-state index contributed by atoms with van der Waals surface area (Å²) in [6, 6.07) is 3.81. The Balaban J connectivity index is 1.92. The van der Waals surface area contributed by atoms with E-state index in [4.69, 9.17) is 4.74 Å². The van der Waals surface area contributed by atoms with Crippen molar-refractivity contribution in [2.24, 2.45) is 0 Å². The molecule has 0 saturated carbocycles. The number of hydrogen-bond acceptors (Lipinski definition) is 2. The third kappa shape index (κ3) is 21.3. The highest BCUT2D eigenvalue weighted by molar-refractivity contribution is 5.88. The molecular formula is C34H62NO2+. The molecule has 1 heterocycles. The predicted molar refractivity (Wildman–Crippen MR) is 159 cm³/mol. The van der Waals surface area contributed by atoms with Gasteiger partial charge in [-0.2, -0.15) is 0 Å². The second-order valence-electron chi connectivity index (χ2n) is 11.2. The van der Waals surface area contributed by atoms with E-state index in [0.717, 1.165) is 13.0 Å². The molecule has 3 nitrogen and oxygen atoms in total. The summed E-state index contributed by atoms with van der Waals surface area (Å²) in [4.78, 5) is 12.3. The molecular weight excluding hydrogens is 454 g/mol. The highest BCUT2D eigenvalue weighted by Crippen LogP contribution is 2.13. The summed E-state index contributed by atoms with van der Waals surface area (Å²) < 4.78 is 7.68. The van der Waals surface area contributed by atoms with Crippen LogP contribution < -0.4 is 4.57 Å². The fraction of sp³-hybridized carbons (Fsp3) is 0.824. The first-order valence-electron chi connectivity index (χ1n) is 16.4. The zero-order valence-corrected chi connectivity index (χ0v) is 25.0. The van der Waals surface area contributed by atoms with Crippen LogP contribution >= 0.6 is 0 Å². The Morgan fingerprint density at radius 1 is 0.541 bits per heavy atom. The van der Waals surface area contributed by atoms with Gasteiger partial charge in [-0.3, -0.25) is 0 Å². The van der Waals surface area contributed by atoms with Crippen molar-refractivity contribution in [2.45, 2.75) is 174 Å². The molecule has 0 atom stereocenters. The molecule has 0 aromatic carbocycles. The van der Waals surface area contributed by atoms with E-state index in [-0.39, 0.29) is 5.97 Å². The second-order valence-corrected chi connectivity index (χ2v) is 11.2. The number of rotatable bonds is 27. The molecule has 1 aromatic rings. The summed E-state index contributed by atoms with van der Waals surface area (Å²) >= 11 is 0. The van der Waals surface area contributed by atoms with Crippen LogP contribution in [-0.2, 0) is 11.3 Å². The van der Waals surface area contributed by atoms with Gasteiger partial charge in [0.05, 0.1) is 12.2 Å². The van der Waals surface area contributed by atoms with E-state index in [1.165, 1.54) is 148 Å². The van der Waals surface area contributed by atoms with E-state index in [9.17, 15) is 4.79 Å². The number of aromatic nitrogens is 1. The second kappa shape index (κ2) is 26.2. The summed E-state index contributed by atoms with van der Waals surface area (Å²) in [7, 11) is 0. The molecule has 3 heteroatoms. The topological polar surface area (TPSA) is 30.2 Å². The maximum Gasteiger partial charge on any atom is 0.338 e. The lowest BCUT2D eigenvalue weighted by Gasteiger charge is -2.05. The Morgan fingerprint density at radius 3 is 1.30 bits per heavy atom. The average Bonchev–Trinajstić information content (AvgIpc) is 2.92. The molecule has 1 rings (SSSR count). The van der Waals surface area contributed by atoms with Crippen LogP contribution in [0.4, 0.5) is 0 Å². The molecule has 0 bridgehead atoms. The molecule has 0 spiro atoms. The van der Waals surface area contributed by atoms with Gasteiger partial charge in [0, 0.05) is 18.6 Å². The largest absolute Gasteiger partial charge is 0.462 e. The minimum absolute atomic E-state index is 0.180. The minimum Gasteiger partial charge on any atom is -0.462 e. The van der Waals surface area contributed by atoms with Gasteiger partial charge in [-0.05, 0) is 12.8 Å². The van der Waals surface area contributed by atoms with E-state index in [1.54, 1.807) is 0 Å². The van der Waals surface area contributed by atoms with Gasteiger partial charge in [-0.15, -0.1) is 0 Å². The quantitative estimate of drug-likeness (QED) is 0.0661. The number of unbranched alkanes of at least 4 members (excludes halogenated alkanes) is 22. The summed E-state index contributed by atoms with van der Waals surface area (Å²) in [5, 5.41) is 0. The van der Waals surface area contributed by atoms with Gasteiger partial charge in [0.15, 0.2) is 12.4 Å². The van der Waals surface area contributed by atoms with Crippen LogP contribution in [0.1, 0.15) is 178 Å². The van der Waals surface area contributed by atoms with Crippen LogP contribution in [0.15, 0.2) is 24.5 Å². The lowest BCUT2D eigenvalue weighted by molar-refractivity contribution is -0.697. The van der Waals surface area contributed by atoms with Crippen LogP contribution in [0.3, 0.4) is 0 Å². The van der Waals surface area contributed by atoms with Crippen molar-refractivity contribution < 1.29 is 14.1 Å². The first-order chi connectivity index (χ1) is 18.3. The van der Waals surface area contributed by atoms with Crippen LogP contribution in [0, 0.1) is 0 Å². The summed E-state index contributed by atoms with van der Waals surface area (Å²) in [5.41, 5.74) is 0.671. The fourth-order valence-corrected chi connectivity index (χ4v) is 5.07. The number of nitrogens with zero attached hydrogens (tertiary/aromatic N) is 1. The highest BCUT2D eigenvalue weighted by atomic mass is 16.5. The third-order valence-corrected chi connectivity index (χ3v) is 7.63. The van der Waals surface area contributed by atoms with Gasteiger partial charge in [-0.1, -0.05) is 149 Å². The maximum absolute atomic E-state index is 12.3. The number of carbonyl (C=O) groups is 1. The van der Waals surface area contributed by atoms with E-state index in [0.29, 0.717) is 12.2 Å². The smallest absolute Gasteiger partial charge is 0.338 e. The molecule has 0 N–H and O–H groups in total. The van der Waals surface area contributed by atoms with E-state index < -0.39 is 0 Å². The van der Waals surface area contributed by atoms with Gasteiger partial charge < -0.3 is 4.74 Å². The molecule has 0 aliphatic carbocycles. The number of ether oxygens (including phenoxy) is 1. The number of aryl methyl sites for hydroxylation is 1. The third-order valence-electron chi connectivity index (χ3n) is 7.63. The zero-order chi connectivity index (χ0) is 26.7. The molecule has 0 aliphatic rings. The summed E-state index contributed by atoms with van der Waals surface area (Å²) in [6.07, 6.45) is 36.4. The average molecular weight is 517 g/mol. The molecule has 37 heavy (non-hydrogen) atoms. The first-order valence-corrected chi connectivity index (χ1v) is 16.4. The molecule has 0 radical (unpaired) electrons. The van der Waals surface area contributed by atoms with Crippen molar-refractivity contribution in [2.75, 3.05) is 6.61 Å². The summed E-state index contributed by atoms with van der Waals surface area (Å²) in [5.74, 6) is -0.180. The van der Waals surface area contributed by atoms with Crippen LogP contribution in [0.2, 0.25) is 0 Å². The Morgan fingerprint density at radius 2 is 0.892 bits per heavy atom. The Bertz CT molecular complexity index is 613. The highest BCUT2D eigenvalue weighted by Gasteiger charge is 2.09. The van der Waals surface area contributed by atoms with E-state index >= 15 is 0 Å². The standard InChI is InChI=1S/C34H62NO2/c1-3-5-7-9-11-13-15-16-17-18-20-22-24-26-32-37-34(36)33-27-30-35(31-28-33)29-25-23-21-19-14-12-10-8-6-4-2/h27-28,30-31H,3-26,29,32H2,1-2H3/q+1. The number of carbonyl (C=O) groups excluding carboxylic acids is 1. The van der Waals surface area contributed by atoms with Crippen LogP contribution in [0.25, 0.3) is 0 Å². The van der Waals surface area contributed by atoms with Crippen molar-refractivity contribution in [1.29, 1.82) is 0 Å². The Labute approximate surface area is 231 Å². The molecule has 0 aliphatic heterocycles. The first kappa shape index (κ1) is 33.6. The Hall–Kier alpha value is -1.38. The predicted octanol–water partition coefficient (Wildman–Crippen LogP) is 10.5. The van der Waals surface area contributed by atoms with Gasteiger partial charge in [0.25, 0.3) is 0 Å². The molecule has 0 saturated heterocycles. The normalized spacial score (nSPS) is 11.2. The number of esters is 1. The molecule has 0 unspecified atom stereocenters. The van der Waals surface area contributed by atoms with Gasteiger partial charge in [-0.25, -0.2) is 9.36 Å². The molecule has 0 fully saturated rings. The van der Waals surface area contributed by atoms with Crippen LogP contribution in [0.5, 0.6) is 0 Å². The van der Waals surface area contributed by atoms with Gasteiger partial charge in [0.2, 0.25) is 0 Å². The SMILES string of the molecule is CCCCCCCCCCCCCCCCOC(=O)c1cc[n+](CCCCCCCCCCCC)cc1. The van der Waals surface area contributed by atoms with Crippen LogP contribution in [-0.4, -0.2) is 12.6 Å². The number of hydrogen-bond donors (Lipinski definition) is 0. The van der Waals surface area contributed by atoms with Gasteiger partial charge in [0.1, 0.15) is 6.54 Å². The lowest BCUT2D eigenvalue weighted by atomic mass is 10.0. The molecule has 214 valence electrons. The van der Waals surface area contributed by atoms with E-state index in [2.05, 4.69) is 18.4 Å². The minimum atomic E-state index is -0.180. The van der Waals surface area contributed by atoms with E-state index in [1.807, 2.05) is 24.5 Å².